The largest absolute Gasteiger partial charge is 0.423 e. The Kier molecular flexibility index (Phi) is 4.08. The monoisotopic (exact) mass is 358 g/mol. The number of nitrogens with two attached hydrogens (primary N) is 1. The molecule has 3 heterocycles. The molecule has 0 saturated carbocycles. The fourth-order valence-corrected chi connectivity index (χ4v) is 3.29. The number of hydrogen-bond acceptors (Lipinski definition) is 7. The van der Waals surface area contributed by atoms with Crippen molar-refractivity contribution in [3.63, 3.8) is 0 Å². The molecule has 1 aromatic carbocycles. The van der Waals surface area contributed by atoms with Crippen molar-refractivity contribution in [2.75, 3.05) is 30.8 Å². The van der Waals surface area contributed by atoms with Gasteiger partial charge in [-0.05, 0) is 25.6 Å². The summed E-state index contributed by atoms with van der Waals surface area (Å²) in [6, 6.07) is 6.52. The second kappa shape index (κ2) is 6.41. The van der Waals surface area contributed by atoms with E-state index < -0.39 is 0 Å². The van der Waals surface area contributed by atoms with Crippen molar-refractivity contribution >= 4 is 23.1 Å². The first-order valence-corrected chi connectivity index (χ1v) is 8.35. The number of nitrogens with one attached hydrogen (secondary N) is 1. The van der Waals surface area contributed by atoms with Gasteiger partial charge in [-0.1, -0.05) is 0 Å². The lowest BCUT2D eigenvalue weighted by Crippen LogP contribution is -2.34. The van der Waals surface area contributed by atoms with Gasteiger partial charge in [-0.3, -0.25) is 14.7 Å². The number of fused-ring (bicyclic) bond motifs is 1. The highest BCUT2D eigenvalue weighted by molar-refractivity contribution is 5.74. The van der Waals surface area contributed by atoms with E-state index in [9.17, 15) is 9.18 Å². The smallest absolute Gasteiger partial charge is 0.298 e. The van der Waals surface area contributed by atoms with Crippen LogP contribution in [-0.4, -0.2) is 46.0 Å². The normalized spacial score (nSPS) is 17.5. The van der Waals surface area contributed by atoms with Crippen molar-refractivity contribution in [2.24, 2.45) is 0 Å². The fourth-order valence-electron chi connectivity index (χ4n) is 3.29. The molecule has 0 bridgehead atoms. The molecule has 1 fully saturated rings. The number of likely N-dealkylation sites (N-methyl/N-ethyl adjacent to an activating group) is 1. The Morgan fingerprint density at radius 3 is 3.08 bits per heavy atom. The molecule has 136 valence electrons. The Morgan fingerprint density at radius 1 is 1.42 bits per heavy atom. The number of anilines is 2. The summed E-state index contributed by atoms with van der Waals surface area (Å²) in [7, 11) is 1.98. The van der Waals surface area contributed by atoms with Gasteiger partial charge in [0.05, 0.1) is 5.69 Å². The Hall–Kier alpha value is -2.94. The maximum atomic E-state index is 13.3. The van der Waals surface area contributed by atoms with Crippen LogP contribution in [0.1, 0.15) is 12.1 Å². The third-order valence-corrected chi connectivity index (χ3v) is 4.62. The van der Waals surface area contributed by atoms with Gasteiger partial charge in [0.15, 0.2) is 5.58 Å². The summed E-state index contributed by atoms with van der Waals surface area (Å²) in [5.74, 6) is -0.214. The number of benzene rings is 1. The quantitative estimate of drug-likeness (QED) is 0.725. The first-order chi connectivity index (χ1) is 12.5. The summed E-state index contributed by atoms with van der Waals surface area (Å²) in [4.78, 5) is 26.7. The van der Waals surface area contributed by atoms with Gasteiger partial charge in [-0.2, -0.15) is 4.98 Å². The third kappa shape index (κ3) is 3.25. The number of rotatable bonds is 4. The van der Waals surface area contributed by atoms with Gasteiger partial charge in [0, 0.05) is 37.8 Å². The third-order valence-electron chi connectivity index (χ3n) is 4.62. The fraction of sp³-hybridized carbons (Fsp3) is 0.353. The molecule has 3 aromatic rings. The molecule has 1 aliphatic rings. The van der Waals surface area contributed by atoms with Gasteiger partial charge in [-0.15, -0.1) is 0 Å². The van der Waals surface area contributed by atoms with E-state index in [1.807, 2.05) is 11.9 Å². The van der Waals surface area contributed by atoms with Crippen LogP contribution in [0.15, 0.2) is 33.5 Å². The molecule has 26 heavy (non-hydrogen) atoms. The molecular formula is C17H19FN6O2. The van der Waals surface area contributed by atoms with Crippen molar-refractivity contribution in [1.29, 1.82) is 0 Å². The van der Waals surface area contributed by atoms with Crippen LogP contribution in [0.2, 0.25) is 0 Å². The lowest BCUT2D eigenvalue weighted by Gasteiger charge is -2.23. The number of halogens is 1. The van der Waals surface area contributed by atoms with Crippen molar-refractivity contribution in [1.82, 2.24) is 19.9 Å². The Balaban J connectivity index is 1.46. The summed E-state index contributed by atoms with van der Waals surface area (Å²) < 4.78 is 19.1. The van der Waals surface area contributed by atoms with E-state index in [0.29, 0.717) is 29.4 Å². The lowest BCUT2D eigenvalue weighted by atomic mass is 10.2. The van der Waals surface area contributed by atoms with E-state index in [1.165, 1.54) is 18.2 Å². The molecule has 2 aromatic heterocycles. The lowest BCUT2D eigenvalue weighted by molar-refractivity contribution is 0.247. The number of oxazole rings is 1. The highest BCUT2D eigenvalue weighted by Crippen LogP contribution is 2.26. The predicted molar refractivity (Wildman–Crippen MR) is 95.3 cm³/mol. The molecular weight excluding hydrogens is 339 g/mol. The number of nitrogens with zero attached hydrogens (tertiary/aromatic N) is 4. The zero-order valence-corrected chi connectivity index (χ0v) is 14.3. The second-order valence-corrected chi connectivity index (χ2v) is 6.53. The molecule has 3 N–H and O–H groups in total. The minimum absolute atomic E-state index is 0.118. The standard InChI is InChI=1S/C17H19FN6O2/c1-23(8-11-7-15(25)22-16(19)20-11)12-4-5-24(9-12)17-21-13-6-10(18)2-3-14(13)26-17/h2-3,6-7,12H,4-5,8-9H2,1H3,(H3,19,20,22,25)/t12-/m1/s1. The van der Waals surface area contributed by atoms with Crippen LogP contribution < -0.4 is 16.2 Å². The van der Waals surface area contributed by atoms with Crippen molar-refractivity contribution in [3.05, 3.63) is 46.1 Å². The van der Waals surface area contributed by atoms with Crippen LogP contribution in [0.3, 0.4) is 0 Å². The van der Waals surface area contributed by atoms with Crippen molar-refractivity contribution < 1.29 is 8.81 Å². The van der Waals surface area contributed by atoms with Gasteiger partial charge in [0.2, 0.25) is 5.95 Å². The maximum absolute atomic E-state index is 13.3. The average Bonchev–Trinajstić information content (AvgIpc) is 3.20. The molecule has 1 atom stereocenters. The minimum atomic E-state index is -0.332. The Labute approximate surface area is 148 Å². The molecule has 8 nitrogen and oxygen atoms in total. The number of aromatic nitrogens is 3. The molecule has 0 spiro atoms. The van der Waals surface area contributed by atoms with Crippen LogP contribution >= 0.6 is 0 Å². The van der Waals surface area contributed by atoms with Crippen LogP contribution in [0.4, 0.5) is 16.4 Å². The average molecular weight is 358 g/mol. The van der Waals surface area contributed by atoms with E-state index in [4.69, 9.17) is 10.2 Å². The maximum Gasteiger partial charge on any atom is 0.298 e. The van der Waals surface area contributed by atoms with Crippen molar-refractivity contribution in [2.45, 2.75) is 19.0 Å². The molecule has 9 heteroatoms. The van der Waals surface area contributed by atoms with Gasteiger partial charge < -0.3 is 15.1 Å². The number of aromatic amines is 1. The number of H-pyrrole nitrogens is 1. The summed E-state index contributed by atoms with van der Waals surface area (Å²) in [5, 5.41) is 0. The van der Waals surface area contributed by atoms with E-state index in [1.54, 1.807) is 6.07 Å². The first kappa shape index (κ1) is 16.5. The Bertz CT molecular complexity index is 1000. The Morgan fingerprint density at radius 2 is 2.27 bits per heavy atom. The molecule has 4 rings (SSSR count). The van der Waals surface area contributed by atoms with Gasteiger partial charge in [0.1, 0.15) is 11.3 Å². The van der Waals surface area contributed by atoms with E-state index in [0.717, 1.165) is 19.5 Å². The number of hydrogen-bond donors (Lipinski definition) is 2. The SMILES string of the molecule is CN(Cc1cc(=O)[nH]c(N)n1)[C@@H]1CCN(c2nc3cc(F)ccc3o2)C1. The summed E-state index contributed by atoms with van der Waals surface area (Å²) >= 11 is 0. The summed E-state index contributed by atoms with van der Waals surface area (Å²) in [5.41, 5.74) is 7.05. The van der Waals surface area contributed by atoms with Crippen molar-refractivity contribution in [3.8, 4) is 0 Å². The van der Waals surface area contributed by atoms with Gasteiger partial charge in [-0.25, -0.2) is 9.37 Å². The van der Waals surface area contributed by atoms with Gasteiger partial charge in [0.25, 0.3) is 11.6 Å². The molecule has 0 aliphatic carbocycles. The second-order valence-electron chi connectivity index (χ2n) is 6.53. The topological polar surface area (TPSA) is 104 Å². The van der Waals surface area contributed by atoms with Gasteiger partial charge >= 0.3 is 0 Å². The first-order valence-electron chi connectivity index (χ1n) is 8.35. The zero-order valence-electron chi connectivity index (χ0n) is 14.3. The summed E-state index contributed by atoms with van der Waals surface area (Å²) in [6.45, 7) is 2.03. The minimum Gasteiger partial charge on any atom is -0.423 e. The highest BCUT2D eigenvalue weighted by atomic mass is 19.1. The molecule has 1 saturated heterocycles. The number of nitrogen functional groups attached to an aromatic ring is 1. The van der Waals surface area contributed by atoms with E-state index in [-0.39, 0.29) is 23.4 Å². The predicted octanol–water partition coefficient (Wildman–Crippen LogP) is 1.34. The van der Waals surface area contributed by atoms with Crippen LogP contribution in [0.25, 0.3) is 11.1 Å². The zero-order chi connectivity index (χ0) is 18.3. The van der Waals surface area contributed by atoms with E-state index in [2.05, 4.69) is 19.9 Å². The summed E-state index contributed by atoms with van der Waals surface area (Å²) in [6.07, 6.45) is 0.919. The van der Waals surface area contributed by atoms with Crippen LogP contribution in [0.5, 0.6) is 0 Å². The molecule has 0 amide bonds. The highest BCUT2D eigenvalue weighted by Gasteiger charge is 2.29. The van der Waals surface area contributed by atoms with E-state index >= 15 is 0 Å². The molecule has 1 aliphatic heterocycles. The van der Waals surface area contributed by atoms with Crippen LogP contribution in [-0.2, 0) is 6.54 Å². The molecule has 0 unspecified atom stereocenters. The van der Waals surface area contributed by atoms with Crippen LogP contribution in [0, 0.1) is 5.82 Å². The molecule has 0 radical (unpaired) electrons.